The van der Waals surface area contributed by atoms with Crippen molar-refractivity contribution in [2.45, 2.75) is 18.6 Å². The second-order valence-electron chi connectivity index (χ2n) is 4.84. The molecule has 0 heterocycles. The second kappa shape index (κ2) is 7.16. The maximum atomic E-state index is 12.7. The van der Waals surface area contributed by atoms with E-state index < -0.39 is 5.79 Å². The number of hydrogen-bond donors (Lipinski definition) is 0. The highest BCUT2D eigenvalue weighted by Gasteiger charge is 2.38. The van der Waals surface area contributed by atoms with Crippen molar-refractivity contribution in [2.24, 2.45) is 0 Å². The van der Waals surface area contributed by atoms with E-state index in [9.17, 15) is 4.79 Å². The molecule has 0 unspecified atom stereocenters. The van der Waals surface area contributed by atoms with E-state index in [4.69, 9.17) is 9.47 Å². The van der Waals surface area contributed by atoms with Crippen molar-refractivity contribution < 1.29 is 14.3 Å². The molecular weight excluding hydrogens is 264 g/mol. The summed E-state index contributed by atoms with van der Waals surface area (Å²) in [5.74, 6) is -1.39. The van der Waals surface area contributed by atoms with Gasteiger partial charge in [-0.15, -0.1) is 0 Å². The molecule has 0 N–H and O–H groups in total. The zero-order valence-electron chi connectivity index (χ0n) is 12.4. The molecule has 0 radical (unpaired) electrons. The molecule has 0 aliphatic carbocycles. The lowest BCUT2D eigenvalue weighted by Crippen LogP contribution is -2.43. The van der Waals surface area contributed by atoms with Crippen molar-refractivity contribution in [3.63, 3.8) is 0 Å². The van der Waals surface area contributed by atoms with Gasteiger partial charge >= 0.3 is 0 Å². The third-order valence-electron chi connectivity index (χ3n) is 3.63. The van der Waals surface area contributed by atoms with Gasteiger partial charge in [-0.1, -0.05) is 60.7 Å². The summed E-state index contributed by atoms with van der Waals surface area (Å²) in [5, 5.41) is 0. The topological polar surface area (TPSA) is 35.5 Å². The molecule has 0 saturated heterocycles. The summed E-state index contributed by atoms with van der Waals surface area (Å²) >= 11 is 0. The number of carbonyl (C=O) groups excluding carboxylic acids is 1. The Morgan fingerprint density at radius 2 is 1.43 bits per heavy atom. The lowest BCUT2D eigenvalue weighted by molar-refractivity contribution is -0.172. The van der Waals surface area contributed by atoms with Crippen LogP contribution in [0.25, 0.3) is 0 Å². The maximum absolute atomic E-state index is 12.7. The molecule has 0 aliphatic heterocycles. The first kappa shape index (κ1) is 15.4. The number of hydrogen-bond acceptors (Lipinski definition) is 3. The summed E-state index contributed by atoms with van der Waals surface area (Å²) in [6.07, 6.45) is 1.18. The van der Waals surface area contributed by atoms with Crippen LogP contribution >= 0.6 is 0 Å². The second-order valence-corrected chi connectivity index (χ2v) is 4.84. The molecule has 0 fully saturated rings. The Morgan fingerprint density at radius 1 is 0.905 bits per heavy atom. The van der Waals surface area contributed by atoms with Crippen LogP contribution in [0.15, 0.2) is 60.7 Å². The van der Waals surface area contributed by atoms with Crippen LogP contribution in [0.2, 0.25) is 0 Å². The fourth-order valence-corrected chi connectivity index (χ4v) is 2.35. The van der Waals surface area contributed by atoms with Crippen LogP contribution in [0.3, 0.4) is 0 Å². The smallest absolute Gasteiger partial charge is 0.233 e. The van der Waals surface area contributed by atoms with E-state index in [0.29, 0.717) is 18.4 Å². The van der Waals surface area contributed by atoms with Gasteiger partial charge in [0, 0.05) is 26.2 Å². The Morgan fingerprint density at radius 3 is 1.95 bits per heavy atom. The fraction of sp³-hybridized carbons (Fsp3) is 0.278. The highest BCUT2D eigenvalue weighted by Crippen LogP contribution is 2.24. The van der Waals surface area contributed by atoms with Crippen molar-refractivity contribution in [1.82, 2.24) is 0 Å². The van der Waals surface area contributed by atoms with Gasteiger partial charge in [0.05, 0.1) is 0 Å². The van der Waals surface area contributed by atoms with Crippen LogP contribution in [0.4, 0.5) is 0 Å². The zero-order chi connectivity index (χ0) is 15.1. The van der Waals surface area contributed by atoms with Crippen molar-refractivity contribution in [3.8, 4) is 0 Å². The van der Waals surface area contributed by atoms with E-state index in [1.807, 2.05) is 48.5 Å². The largest absolute Gasteiger partial charge is 0.347 e. The van der Waals surface area contributed by atoms with Gasteiger partial charge in [0.1, 0.15) is 0 Å². The number of ether oxygens (including phenoxy) is 2. The molecule has 2 aromatic rings. The first-order valence-electron chi connectivity index (χ1n) is 6.96. The predicted molar refractivity (Wildman–Crippen MR) is 82.3 cm³/mol. The average molecular weight is 284 g/mol. The van der Waals surface area contributed by atoms with Crippen molar-refractivity contribution in [3.05, 3.63) is 71.8 Å². The zero-order valence-corrected chi connectivity index (χ0v) is 12.4. The van der Waals surface area contributed by atoms with Crippen LogP contribution in [0, 0.1) is 0 Å². The minimum absolute atomic E-state index is 0.149. The molecule has 0 bridgehead atoms. The first-order chi connectivity index (χ1) is 10.2. The number of benzene rings is 2. The number of aryl methyl sites for hydroxylation is 1. The van der Waals surface area contributed by atoms with Gasteiger partial charge in [0.25, 0.3) is 0 Å². The summed E-state index contributed by atoms with van der Waals surface area (Å²) in [4.78, 5) is 12.7. The monoisotopic (exact) mass is 284 g/mol. The number of rotatable bonds is 7. The van der Waals surface area contributed by atoms with Gasteiger partial charge in [-0.25, -0.2) is 0 Å². The van der Waals surface area contributed by atoms with E-state index >= 15 is 0 Å². The third-order valence-corrected chi connectivity index (χ3v) is 3.63. The summed E-state index contributed by atoms with van der Waals surface area (Å²) in [7, 11) is 3.02. The Balaban J connectivity index is 2.18. The third kappa shape index (κ3) is 3.57. The molecule has 21 heavy (non-hydrogen) atoms. The van der Waals surface area contributed by atoms with Crippen molar-refractivity contribution >= 4 is 5.78 Å². The van der Waals surface area contributed by atoms with Crippen LogP contribution < -0.4 is 0 Å². The Labute approximate surface area is 125 Å². The van der Waals surface area contributed by atoms with E-state index in [1.165, 1.54) is 14.2 Å². The van der Waals surface area contributed by atoms with Gasteiger partial charge in [0.15, 0.2) is 0 Å². The minimum Gasteiger partial charge on any atom is -0.347 e. The molecule has 2 aromatic carbocycles. The fourth-order valence-electron chi connectivity index (χ4n) is 2.35. The van der Waals surface area contributed by atoms with Crippen LogP contribution in [-0.2, 0) is 15.9 Å². The molecule has 0 saturated carbocycles. The van der Waals surface area contributed by atoms with Gasteiger partial charge in [-0.05, 0) is 12.0 Å². The van der Waals surface area contributed by atoms with Gasteiger partial charge in [0.2, 0.25) is 11.6 Å². The Kier molecular flexibility index (Phi) is 5.26. The van der Waals surface area contributed by atoms with Crippen LogP contribution in [0.5, 0.6) is 0 Å². The normalized spacial score (nSPS) is 11.3. The summed E-state index contributed by atoms with van der Waals surface area (Å²) in [6.45, 7) is 0. The lowest BCUT2D eigenvalue weighted by atomic mass is 9.96. The van der Waals surface area contributed by atoms with E-state index in [2.05, 4.69) is 0 Å². The highest BCUT2D eigenvalue weighted by molar-refractivity contribution is 6.01. The molecule has 0 amide bonds. The maximum Gasteiger partial charge on any atom is 0.233 e. The van der Waals surface area contributed by atoms with Gasteiger partial charge in [-0.3, -0.25) is 4.79 Å². The Bertz CT molecular complexity index is 560. The molecule has 3 heteroatoms. The Hall–Kier alpha value is -1.97. The summed E-state index contributed by atoms with van der Waals surface area (Å²) in [6, 6.07) is 19.1. The van der Waals surface area contributed by atoms with E-state index in [0.717, 1.165) is 5.56 Å². The molecule has 110 valence electrons. The molecule has 0 atom stereocenters. The number of Topliss-reactive ketones (excluding diaryl/α,β-unsaturated/α-hetero) is 1. The summed E-state index contributed by atoms with van der Waals surface area (Å²) < 4.78 is 10.9. The lowest BCUT2D eigenvalue weighted by Gasteiger charge is -2.29. The van der Waals surface area contributed by atoms with Crippen LogP contribution in [-0.4, -0.2) is 25.8 Å². The first-order valence-corrected chi connectivity index (χ1v) is 6.96. The molecule has 2 rings (SSSR count). The van der Waals surface area contributed by atoms with Crippen molar-refractivity contribution in [2.75, 3.05) is 14.2 Å². The number of ketones is 1. The van der Waals surface area contributed by atoms with E-state index in [1.54, 1.807) is 12.1 Å². The standard InChI is InChI=1S/C18H20O3/c1-20-18(21-2,14-13-15-9-5-3-6-10-15)17(19)16-11-7-4-8-12-16/h3-12H,13-14H2,1-2H3. The summed E-state index contributed by atoms with van der Waals surface area (Å²) in [5.41, 5.74) is 1.74. The SMILES string of the molecule is COC(CCc1ccccc1)(OC)C(=O)c1ccccc1. The van der Waals surface area contributed by atoms with Gasteiger partial charge in [-0.2, -0.15) is 0 Å². The molecule has 0 spiro atoms. The van der Waals surface area contributed by atoms with Crippen LogP contribution in [0.1, 0.15) is 22.3 Å². The number of carbonyl (C=O) groups is 1. The molecular formula is C18H20O3. The molecule has 0 aromatic heterocycles. The minimum atomic E-state index is -1.24. The predicted octanol–water partition coefficient (Wildman–Crippen LogP) is 3.49. The molecule has 3 nitrogen and oxygen atoms in total. The van der Waals surface area contributed by atoms with Gasteiger partial charge < -0.3 is 9.47 Å². The van der Waals surface area contributed by atoms with E-state index in [-0.39, 0.29) is 5.78 Å². The van der Waals surface area contributed by atoms with Crippen molar-refractivity contribution in [1.29, 1.82) is 0 Å². The molecule has 0 aliphatic rings. The quantitative estimate of drug-likeness (QED) is 0.576. The average Bonchev–Trinajstić information content (AvgIpc) is 2.58. The highest BCUT2D eigenvalue weighted by atomic mass is 16.7. The number of methoxy groups -OCH3 is 2.